The summed E-state index contributed by atoms with van der Waals surface area (Å²) in [6.45, 7) is 8.14. The highest BCUT2D eigenvalue weighted by Gasteiger charge is 2.25. The summed E-state index contributed by atoms with van der Waals surface area (Å²) in [5.74, 6) is -2.47. The molecule has 120 valence electrons. The highest BCUT2D eigenvalue weighted by atomic mass is 32.2. The Hall–Kier alpha value is -1.05. The molecule has 1 rings (SSSR count). The van der Waals surface area contributed by atoms with E-state index in [4.69, 9.17) is 0 Å². The van der Waals surface area contributed by atoms with Crippen molar-refractivity contribution >= 4 is 10.0 Å². The predicted molar refractivity (Wildman–Crippen MR) is 78.4 cm³/mol. The molecule has 1 unspecified atom stereocenters. The molecule has 0 heterocycles. The summed E-state index contributed by atoms with van der Waals surface area (Å²) in [7, 11) is -4.10. The lowest BCUT2D eigenvalue weighted by Gasteiger charge is -2.18. The van der Waals surface area contributed by atoms with Crippen LogP contribution >= 0.6 is 0 Å². The number of hydrogen-bond acceptors (Lipinski definition) is 3. The molecule has 1 aromatic rings. The first kappa shape index (κ1) is 18.0. The van der Waals surface area contributed by atoms with Crippen molar-refractivity contribution in [3.8, 4) is 0 Å². The van der Waals surface area contributed by atoms with Crippen molar-refractivity contribution < 1.29 is 17.2 Å². The van der Waals surface area contributed by atoms with Gasteiger partial charge >= 0.3 is 0 Å². The summed E-state index contributed by atoms with van der Waals surface area (Å²) in [5.41, 5.74) is 0.383. The van der Waals surface area contributed by atoms with Gasteiger partial charge in [-0.25, -0.2) is 21.9 Å². The first-order valence-corrected chi connectivity index (χ1v) is 8.38. The van der Waals surface area contributed by atoms with Gasteiger partial charge in [0, 0.05) is 12.6 Å². The molecule has 21 heavy (non-hydrogen) atoms. The van der Waals surface area contributed by atoms with E-state index in [9.17, 15) is 17.2 Å². The second kappa shape index (κ2) is 7.29. The molecular formula is C14H22F2N2O2S. The number of nitrogens with one attached hydrogen (secondary N) is 2. The maximum absolute atomic E-state index is 13.8. The van der Waals surface area contributed by atoms with E-state index in [1.165, 1.54) is 0 Å². The van der Waals surface area contributed by atoms with Gasteiger partial charge in [0.2, 0.25) is 10.0 Å². The molecule has 0 saturated heterocycles. The standard InChI is InChI=1S/C14H22F2N2O2S/c1-5-17-8-11-6-12(15)14(16)13(7-11)21(19,20)18-10(4)9(2)3/h6-7,9-10,17-18H,5,8H2,1-4H3. The molecule has 0 fully saturated rings. The molecule has 0 saturated carbocycles. The van der Waals surface area contributed by atoms with Crippen LogP contribution in [0, 0.1) is 17.6 Å². The summed E-state index contributed by atoms with van der Waals surface area (Å²) >= 11 is 0. The third kappa shape index (κ3) is 4.72. The van der Waals surface area contributed by atoms with Crippen LogP contribution in [-0.4, -0.2) is 21.0 Å². The van der Waals surface area contributed by atoms with Crippen LogP contribution in [0.4, 0.5) is 8.78 Å². The molecule has 4 nitrogen and oxygen atoms in total. The molecule has 0 amide bonds. The Kier molecular flexibility index (Phi) is 6.24. The lowest BCUT2D eigenvalue weighted by molar-refractivity contribution is 0.461. The zero-order chi connectivity index (χ0) is 16.2. The topological polar surface area (TPSA) is 58.2 Å². The summed E-state index contributed by atoms with van der Waals surface area (Å²) < 4.78 is 54.2. The van der Waals surface area contributed by atoms with E-state index < -0.39 is 26.6 Å². The van der Waals surface area contributed by atoms with Crippen molar-refractivity contribution in [1.29, 1.82) is 0 Å². The van der Waals surface area contributed by atoms with Crippen molar-refractivity contribution in [3.05, 3.63) is 29.3 Å². The van der Waals surface area contributed by atoms with Crippen LogP contribution in [0.15, 0.2) is 17.0 Å². The number of benzene rings is 1. The Morgan fingerprint density at radius 1 is 1.19 bits per heavy atom. The number of hydrogen-bond donors (Lipinski definition) is 2. The zero-order valence-electron chi connectivity index (χ0n) is 12.7. The van der Waals surface area contributed by atoms with Crippen molar-refractivity contribution in [2.45, 2.75) is 45.2 Å². The maximum atomic E-state index is 13.8. The van der Waals surface area contributed by atoms with Gasteiger partial charge in [-0.1, -0.05) is 20.8 Å². The van der Waals surface area contributed by atoms with Gasteiger partial charge in [-0.15, -0.1) is 0 Å². The number of sulfonamides is 1. The van der Waals surface area contributed by atoms with Crippen molar-refractivity contribution in [2.75, 3.05) is 6.54 Å². The second-order valence-electron chi connectivity index (χ2n) is 5.32. The first-order chi connectivity index (χ1) is 9.69. The zero-order valence-corrected chi connectivity index (χ0v) is 13.5. The van der Waals surface area contributed by atoms with Gasteiger partial charge in [-0.2, -0.15) is 0 Å². The summed E-state index contributed by atoms with van der Waals surface area (Å²) in [5, 5.41) is 2.94. The highest BCUT2D eigenvalue weighted by Crippen LogP contribution is 2.21. The third-order valence-electron chi connectivity index (χ3n) is 3.26. The van der Waals surface area contributed by atoms with E-state index in [0.29, 0.717) is 12.1 Å². The fraction of sp³-hybridized carbons (Fsp3) is 0.571. The summed E-state index contributed by atoms with van der Waals surface area (Å²) in [6, 6.07) is 1.79. The van der Waals surface area contributed by atoms with Crippen molar-refractivity contribution in [2.24, 2.45) is 5.92 Å². The fourth-order valence-electron chi connectivity index (χ4n) is 1.63. The largest absolute Gasteiger partial charge is 0.313 e. The Morgan fingerprint density at radius 2 is 1.81 bits per heavy atom. The lowest BCUT2D eigenvalue weighted by atomic mass is 10.1. The van der Waals surface area contributed by atoms with Crippen LogP contribution in [0.1, 0.15) is 33.3 Å². The fourth-order valence-corrected chi connectivity index (χ4v) is 3.16. The van der Waals surface area contributed by atoms with Gasteiger partial charge in [0.25, 0.3) is 0 Å². The molecule has 2 N–H and O–H groups in total. The molecule has 0 aliphatic heterocycles. The first-order valence-electron chi connectivity index (χ1n) is 6.90. The second-order valence-corrected chi connectivity index (χ2v) is 7.01. The lowest BCUT2D eigenvalue weighted by Crippen LogP contribution is -2.36. The predicted octanol–water partition coefficient (Wildman–Crippen LogP) is 2.40. The maximum Gasteiger partial charge on any atom is 0.243 e. The minimum atomic E-state index is -4.10. The molecule has 1 aromatic carbocycles. The quantitative estimate of drug-likeness (QED) is 0.811. The summed E-state index contributed by atoms with van der Waals surface area (Å²) in [4.78, 5) is -0.650. The Labute approximate surface area is 125 Å². The van der Waals surface area contributed by atoms with E-state index in [-0.39, 0.29) is 18.5 Å². The Morgan fingerprint density at radius 3 is 2.33 bits per heavy atom. The Bertz CT molecular complexity index is 589. The van der Waals surface area contributed by atoms with E-state index in [1.807, 2.05) is 20.8 Å². The smallest absolute Gasteiger partial charge is 0.243 e. The molecule has 0 aliphatic carbocycles. The van der Waals surface area contributed by atoms with Gasteiger partial charge in [0.05, 0.1) is 0 Å². The van der Waals surface area contributed by atoms with Gasteiger partial charge < -0.3 is 5.32 Å². The van der Waals surface area contributed by atoms with Gasteiger partial charge in [-0.3, -0.25) is 0 Å². The average molecular weight is 320 g/mol. The van der Waals surface area contributed by atoms with Crippen LogP contribution in [0.25, 0.3) is 0 Å². The van der Waals surface area contributed by atoms with Crippen LogP contribution in [0.3, 0.4) is 0 Å². The molecule has 0 spiro atoms. The van der Waals surface area contributed by atoms with E-state index in [1.54, 1.807) is 6.92 Å². The normalized spacial score (nSPS) is 13.7. The minimum absolute atomic E-state index is 0.0395. The number of rotatable bonds is 7. The minimum Gasteiger partial charge on any atom is -0.313 e. The van der Waals surface area contributed by atoms with Crippen LogP contribution in [0.2, 0.25) is 0 Å². The molecular weight excluding hydrogens is 298 g/mol. The van der Waals surface area contributed by atoms with Gasteiger partial charge in [0.1, 0.15) is 4.90 Å². The molecule has 7 heteroatoms. The van der Waals surface area contributed by atoms with Crippen LogP contribution < -0.4 is 10.0 Å². The molecule has 0 radical (unpaired) electrons. The van der Waals surface area contributed by atoms with Crippen molar-refractivity contribution in [1.82, 2.24) is 10.0 Å². The highest BCUT2D eigenvalue weighted by molar-refractivity contribution is 7.89. The average Bonchev–Trinajstić information content (AvgIpc) is 2.39. The van der Waals surface area contributed by atoms with E-state index in [2.05, 4.69) is 10.0 Å². The van der Waals surface area contributed by atoms with E-state index in [0.717, 1.165) is 12.1 Å². The summed E-state index contributed by atoms with van der Waals surface area (Å²) in [6.07, 6.45) is 0. The molecule has 0 aromatic heterocycles. The molecule has 1 atom stereocenters. The molecule has 0 bridgehead atoms. The van der Waals surface area contributed by atoms with Gasteiger partial charge in [-0.05, 0) is 37.1 Å². The third-order valence-corrected chi connectivity index (χ3v) is 4.82. The monoisotopic (exact) mass is 320 g/mol. The number of halogens is 2. The van der Waals surface area contributed by atoms with Crippen LogP contribution in [0.5, 0.6) is 0 Å². The SMILES string of the molecule is CCNCc1cc(F)c(F)c(S(=O)(=O)NC(C)C(C)C)c1. The Balaban J connectivity index is 3.18. The van der Waals surface area contributed by atoms with Crippen LogP contribution in [-0.2, 0) is 16.6 Å². The van der Waals surface area contributed by atoms with E-state index >= 15 is 0 Å². The molecule has 0 aliphatic rings. The van der Waals surface area contributed by atoms with Crippen molar-refractivity contribution in [3.63, 3.8) is 0 Å². The van der Waals surface area contributed by atoms with Gasteiger partial charge in [0.15, 0.2) is 11.6 Å².